The zero-order valence-corrected chi connectivity index (χ0v) is 13.5. The molecule has 1 N–H and O–H groups in total. The average Bonchev–Trinajstić information content (AvgIpc) is 3.19. The molecule has 0 aromatic carbocycles. The average molecular weight is 377 g/mol. The molecule has 134 valence electrons. The van der Waals surface area contributed by atoms with Crippen LogP contribution in [0.3, 0.4) is 0 Å². The summed E-state index contributed by atoms with van der Waals surface area (Å²) in [6.45, 7) is 1.42. The van der Waals surface area contributed by atoms with E-state index in [0.29, 0.717) is 5.02 Å². The Morgan fingerprint density at radius 1 is 1.48 bits per heavy atom. The molecule has 0 fully saturated rings. The van der Waals surface area contributed by atoms with Crippen LogP contribution in [0.1, 0.15) is 29.7 Å². The van der Waals surface area contributed by atoms with Crippen LogP contribution in [0.5, 0.6) is 0 Å². The van der Waals surface area contributed by atoms with Crippen molar-refractivity contribution >= 4 is 23.2 Å². The Labute approximate surface area is 144 Å². The van der Waals surface area contributed by atoms with E-state index in [0.717, 1.165) is 0 Å². The third-order valence-corrected chi connectivity index (χ3v) is 3.76. The highest BCUT2D eigenvalue weighted by atomic mass is 35.5. The normalized spacial score (nSPS) is 20.9. The van der Waals surface area contributed by atoms with Gasteiger partial charge < -0.3 is 9.52 Å². The van der Waals surface area contributed by atoms with Gasteiger partial charge in [0.1, 0.15) is 5.76 Å². The molecule has 0 spiro atoms. The Morgan fingerprint density at radius 3 is 2.80 bits per heavy atom. The minimum absolute atomic E-state index is 0.00965. The van der Waals surface area contributed by atoms with Crippen molar-refractivity contribution in [3.63, 3.8) is 0 Å². The number of aliphatic hydroxyl groups is 1. The maximum Gasteiger partial charge on any atom is 0.438 e. The van der Waals surface area contributed by atoms with E-state index in [1.165, 1.54) is 36.1 Å². The minimum atomic E-state index is -5.06. The SMILES string of the molecule is CC1=NN(C(=O)c2ccc(Cn3cc(Cl)cn3)o2)[C@](O)(C(F)(F)F)C1. The highest BCUT2D eigenvalue weighted by molar-refractivity contribution is 6.30. The van der Waals surface area contributed by atoms with E-state index >= 15 is 0 Å². The summed E-state index contributed by atoms with van der Waals surface area (Å²) in [6, 6.07) is 2.63. The third-order valence-electron chi connectivity index (χ3n) is 3.56. The molecule has 1 aliphatic heterocycles. The van der Waals surface area contributed by atoms with Crippen LogP contribution in [0.25, 0.3) is 0 Å². The van der Waals surface area contributed by atoms with Gasteiger partial charge in [0.05, 0.1) is 17.8 Å². The topological polar surface area (TPSA) is 83.9 Å². The van der Waals surface area contributed by atoms with Crippen LogP contribution >= 0.6 is 11.6 Å². The number of aromatic nitrogens is 2. The van der Waals surface area contributed by atoms with Crippen LogP contribution in [-0.4, -0.2) is 43.4 Å². The van der Waals surface area contributed by atoms with Crippen molar-refractivity contribution in [2.45, 2.75) is 31.8 Å². The summed E-state index contributed by atoms with van der Waals surface area (Å²) in [7, 11) is 0. The van der Waals surface area contributed by atoms with Gasteiger partial charge in [0, 0.05) is 18.3 Å². The van der Waals surface area contributed by atoms with Crippen molar-refractivity contribution in [2.24, 2.45) is 5.10 Å². The van der Waals surface area contributed by atoms with Gasteiger partial charge in [-0.2, -0.15) is 28.4 Å². The van der Waals surface area contributed by atoms with Gasteiger partial charge in [-0.25, -0.2) is 0 Å². The number of carbonyl (C=O) groups is 1. The van der Waals surface area contributed by atoms with Crippen LogP contribution < -0.4 is 0 Å². The van der Waals surface area contributed by atoms with E-state index < -0.39 is 24.2 Å². The van der Waals surface area contributed by atoms with Gasteiger partial charge in [-0.1, -0.05) is 11.6 Å². The Morgan fingerprint density at radius 2 is 2.20 bits per heavy atom. The minimum Gasteiger partial charge on any atom is -0.454 e. The van der Waals surface area contributed by atoms with E-state index in [1.54, 1.807) is 0 Å². The fraction of sp³-hybridized carbons (Fsp3) is 0.357. The molecule has 25 heavy (non-hydrogen) atoms. The number of carbonyl (C=O) groups excluding carboxylic acids is 1. The maximum absolute atomic E-state index is 13.2. The van der Waals surface area contributed by atoms with Crippen molar-refractivity contribution in [1.29, 1.82) is 0 Å². The first-order chi connectivity index (χ1) is 11.6. The number of halogens is 4. The van der Waals surface area contributed by atoms with Crippen molar-refractivity contribution in [3.8, 4) is 0 Å². The first-order valence-electron chi connectivity index (χ1n) is 7.04. The molecule has 1 atom stereocenters. The lowest BCUT2D eigenvalue weighted by Crippen LogP contribution is -2.56. The first kappa shape index (κ1) is 17.5. The highest BCUT2D eigenvalue weighted by Crippen LogP contribution is 2.40. The quantitative estimate of drug-likeness (QED) is 0.892. The number of hydrogen-bond acceptors (Lipinski definition) is 5. The molecule has 1 amide bonds. The molecule has 0 unspecified atom stereocenters. The molecule has 0 radical (unpaired) electrons. The number of amides is 1. The van der Waals surface area contributed by atoms with Gasteiger partial charge in [0.2, 0.25) is 0 Å². The van der Waals surface area contributed by atoms with Gasteiger partial charge in [-0.15, -0.1) is 0 Å². The predicted molar refractivity (Wildman–Crippen MR) is 79.9 cm³/mol. The largest absolute Gasteiger partial charge is 0.454 e. The second-order valence-electron chi connectivity index (χ2n) is 5.57. The number of furan rings is 1. The molecule has 11 heteroatoms. The molecule has 2 aromatic rings. The first-order valence-corrected chi connectivity index (χ1v) is 7.42. The zero-order valence-electron chi connectivity index (χ0n) is 12.8. The Kier molecular flexibility index (Phi) is 4.12. The fourth-order valence-corrected chi connectivity index (χ4v) is 2.58. The van der Waals surface area contributed by atoms with E-state index in [9.17, 15) is 23.1 Å². The zero-order chi connectivity index (χ0) is 18.4. The van der Waals surface area contributed by atoms with E-state index in [2.05, 4.69) is 10.2 Å². The van der Waals surface area contributed by atoms with E-state index in [4.69, 9.17) is 16.0 Å². The van der Waals surface area contributed by atoms with Gasteiger partial charge in [0.15, 0.2) is 5.76 Å². The fourth-order valence-electron chi connectivity index (χ4n) is 2.42. The van der Waals surface area contributed by atoms with E-state index in [1.807, 2.05) is 0 Å². The number of nitrogens with zero attached hydrogens (tertiary/aromatic N) is 4. The Balaban J connectivity index is 1.83. The highest BCUT2D eigenvalue weighted by Gasteiger charge is 2.63. The van der Waals surface area contributed by atoms with Crippen molar-refractivity contribution < 1.29 is 27.5 Å². The number of hydrogen-bond donors (Lipinski definition) is 1. The van der Waals surface area contributed by atoms with Crippen molar-refractivity contribution in [1.82, 2.24) is 14.8 Å². The Hall–Kier alpha value is -2.33. The summed E-state index contributed by atoms with van der Waals surface area (Å²) in [4.78, 5) is 12.3. The molecule has 0 aliphatic carbocycles. The predicted octanol–water partition coefficient (Wildman–Crippen LogP) is 2.65. The molecular weight excluding hydrogens is 365 g/mol. The lowest BCUT2D eigenvalue weighted by molar-refractivity contribution is -0.297. The van der Waals surface area contributed by atoms with Gasteiger partial charge in [-0.05, 0) is 19.1 Å². The number of rotatable bonds is 3. The van der Waals surface area contributed by atoms with Crippen molar-refractivity contribution in [2.75, 3.05) is 0 Å². The van der Waals surface area contributed by atoms with Gasteiger partial charge in [-0.3, -0.25) is 9.48 Å². The van der Waals surface area contributed by atoms with Gasteiger partial charge in [0.25, 0.3) is 5.72 Å². The molecular formula is C14H12ClF3N4O3. The summed E-state index contributed by atoms with van der Waals surface area (Å²) >= 11 is 5.73. The second kappa shape index (κ2) is 5.88. The summed E-state index contributed by atoms with van der Waals surface area (Å²) in [5, 5.41) is 17.8. The molecule has 3 heterocycles. The lowest BCUT2D eigenvalue weighted by atomic mass is 10.1. The molecule has 0 saturated heterocycles. The molecule has 0 saturated carbocycles. The summed E-state index contributed by atoms with van der Waals surface area (Å²) in [5.74, 6) is -1.30. The second-order valence-corrected chi connectivity index (χ2v) is 6.00. The summed E-state index contributed by atoms with van der Waals surface area (Å²) in [6.07, 6.45) is -2.96. The van der Waals surface area contributed by atoms with Gasteiger partial charge >= 0.3 is 12.1 Å². The van der Waals surface area contributed by atoms with Crippen molar-refractivity contribution in [3.05, 3.63) is 41.1 Å². The lowest BCUT2D eigenvalue weighted by Gasteiger charge is -2.32. The molecule has 7 nitrogen and oxygen atoms in total. The third kappa shape index (κ3) is 3.14. The maximum atomic E-state index is 13.2. The van der Waals surface area contributed by atoms with E-state index in [-0.39, 0.29) is 28.8 Å². The molecule has 3 rings (SSSR count). The smallest absolute Gasteiger partial charge is 0.438 e. The van der Waals surface area contributed by atoms with Crippen LogP contribution in [-0.2, 0) is 6.54 Å². The number of alkyl halides is 3. The summed E-state index contributed by atoms with van der Waals surface area (Å²) in [5.41, 5.74) is -3.41. The molecule has 1 aliphatic rings. The molecule has 2 aromatic heterocycles. The number of hydrazone groups is 1. The molecule has 0 bridgehead atoms. The monoisotopic (exact) mass is 376 g/mol. The standard InChI is InChI=1S/C14H12ClF3N4O3/c1-8-4-13(24,14(16,17)18)22(20-8)12(23)11-3-2-10(25-11)7-21-6-9(15)5-19-21/h2-3,5-6,24H,4,7H2,1H3/t13-/m1/s1. The van der Waals surface area contributed by atoms with Crippen LogP contribution in [0.4, 0.5) is 13.2 Å². The Bertz CT molecular complexity index is 844. The van der Waals surface area contributed by atoms with Crippen LogP contribution in [0, 0.1) is 0 Å². The summed E-state index contributed by atoms with van der Waals surface area (Å²) < 4.78 is 46.2. The van der Waals surface area contributed by atoms with Crippen LogP contribution in [0.15, 0.2) is 34.0 Å². The van der Waals surface area contributed by atoms with Crippen LogP contribution in [0.2, 0.25) is 5.02 Å².